The molecule has 0 spiro atoms. The Hall–Kier alpha value is -1.45. The fraction of sp³-hybridized carbons (Fsp3) is 0.417. The van der Waals surface area contributed by atoms with Gasteiger partial charge in [0.05, 0.1) is 9.79 Å². The maximum absolute atomic E-state index is 12.2. The second kappa shape index (κ2) is 6.12. The second-order valence-corrected chi connectivity index (χ2v) is 8.66. The lowest BCUT2D eigenvalue weighted by atomic mass is 10.1. The normalized spacial score (nSPS) is 14.1. The highest BCUT2D eigenvalue weighted by molar-refractivity contribution is 7.91. The Kier molecular flexibility index (Phi) is 5.13. The molecular weight excluding hydrogens is 318 g/mol. The summed E-state index contributed by atoms with van der Waals surface area (Å²) < 4.78 is 49.3. The maximum Gasteiger partial charge on any atom is 0.322 e. The summed E-state index contributed by atoms with van der Waals surface area (Å²) >= 11 is 0. The molecule has 9 heteroatoms. The van der Waals surface area contributed by atoms with Gasteiger partial charge in [-0.15, -0.1) is 0 Å². The fourth-order valence-electron chi connectivity index (χ4n) is 1.58. The minimum Gasteiger partial charge on any atom is -0.480 e. The second-order valence-electron chi connectivity index (χ2n) is 4.93. The third-order valence-electron chi connectivity index (χ3n) is 2.76. The lowest BCUT2D eigenvalue weighted by Gasteiger charge is -2.18. The molecule has 1 rings (SSSR count). The van der Waals surface area contributed by atoms with Crippen LogP contribution in [0.25, 0.3) is 0 Å². The van der Waals surface area contributed by atoms with E-state index >= 15 is 0 Å². The van der Waals surface area contributed by atoms with Crippen LogP contribution < -0.4 is 4.72 Å². The molecule has 1 aromatic rings. The van der Waals surface area contributed by atoms with E-state index in [2.05, 4.69) is 4.72 Å². The Bertz CT molecular complexity index is 737. The Labute approximate surface area is 124 Å². The van der Waals surface area contributed by atoms with E-state index in [1.54, 1.807) is 13.8 Å². The van der Waals surface area contributed by atoms with Crippen molar-refractivity contribution in [1.82, 2.24) is 4.72 Å². The lowest BCUT2D eigenvalue weighted by Crippen LogP contribution is -2.44. The van der Waals surface area contributed by atoms with Crippen molar-refractivity contribution in [2.24, 2.45) is 5.92 Å². The van der Waals surface area contributed by atoms with Crippen LogP contribution in [0.5, 0.6) is 0 Å². The summed E-state index contributed by atoms with van der Waals surface area (Å²) in [6.07, 6.45) is 0.959. The highest BCUT2D eigenvalue weighted by Gasteiger charge is 2.28. The van der Waals surface area contributed by atoms with Gasteiger partial charge in [0, 0.05) is 6.26 Å². The molecule has 2 N–H and O–H groups in total. The summed E-state index contributed by atoms with van der Waals surface area (Å²) in [6, 6.07) is 3.46. The molecule has 0 radical (unpaired) electrons. The number of sulfone groups is 1. The van der Waals surface area contributed by atoms with Gasteiger partial charge >= 0.3 is 5.97 Å². The van der Waals surface area contributed by atoms with Crippen LogP contribution in [-0.2, 0) is 24.7 Å². The number of carboxylic acids is 1. The molecule has 118 valence electrons. The number of aliphatic carboxylic acids is 1. The average Bonchev–Trinajstić information content (AvgIpc) is 2.34. The van der Waals surface area contributed by atoms with Crippen LogP contribution in [0, 0.1) is 5.92 Å². The van der Waals surface area contributed by atoms with E-state index in [0.29, 0.717) is 0 Å². The molecule has 21 heavy (non-hydrogen) atoms. The predicted octanol–water partition coefficient (Wildman–Crippen LogP) is 0.478. The molecule has 0 unspecified atom stereocenters. The van der Waals surface area contributed by atoms with Crippen LogP contribution in [0.2, 0.25) is 0 Å². The first kappa shape index (κ1) is 17.6. The molecule has 7 nitrogen and oxygen atoms in total. The number of carbonyl (C=O) groups is 1. The van der Waals surface area contributed by atoms with Gasteiger partial charge in [-0.2, -0.15) is 4.72 Å². The number of hydrogen-bond donors (Lipinski definition) is 2. The van der Waals surface area contributed by atoms with E-state index in [9.17, 15) is 21.6 Å². The fourth-order valence-corrected chi connectivity index (χ4v) is 3.70. The largest absolute Gasteiger partial charge is 0.480 e. The lowest BCUT2D eigenvalue weighted by molar-refractivity contribution is -0.140. The molecule has 0 saturated heterocycles. The van der Waals surface area contributed by atoms with Crippen LogP contribution >= 0.6 is 0 Å². The van der Waals surface area contributed by atoms with E-state index in [0.717, 1.165) is 12.3 Å². The zero-order valence-corrected chi connectivity index (χ0v) is 13.4. The first-order chi connectivity index (χ1) is 9.45. The zero-order valence-electron chi connectivity index (χ0n) is 11.8. The quantitative estimate of drug-likeness (QED) is 0.780. The van der Waals surface area contributed by atoms with Gasteiger partial charge < -0.3 is 5.11 Å². The first-order valence-electron chi connectivity index (χ1n) is 6.00. The van der Waals surface area contributed by atoms with Crippen molar-refractivity contribution in [3.05, 3.63) is 24.3 Å². The Morgan fingerprint density at radius 3 is 2.10 bits per heavy atom. The van der Waals surface area contributed by atoms with Crippen molar-refractivity contribution in [2.45, 2.75) is 29.7 Å². The molecular formula is C12H17NO6S2. The number of rotatable bonds is 6. The van der Waals surface area contributed by atoms with E-state index in [1.165, 1.54) is 18.2 Å². The Balaban J connectivity index is 3.23. The number of hydrogen-bond acceptors (Lipinski definition) is 5. The third-order valence-corrected chi connectivity index (χ3v) is 5.31. The van der Waals surface area contributed by atoms with Crippen molar-refractivity contribution in [1.29, 1.82) is 0 Å². The number of benzene rings is 1. The molecule has 1 atom stereocenters. The summed E-state index contributed by atoms with van der Waals surface area (Å²) in [7, 11) is -7.68. The van der Waals surface area contributed by atoms with E-state index < -0.39 is 37.8 Å². The molecule has 0 aromatic heterocycles. The SMILES string of the molecule is CC(C)[C@H](NS(=O)(=O)c1cccc(S(C)(=O)=O)c1)C(=O)O. The topological polar surface area (TPSA) is 118 Å². The summed E-state index contributed by atoms with van der Waals surface area (Å²) in [5, 5.41) is 9.01. The summed E-state index contributed by atoms with van der Waals surface area (Å²) in [5.41, 5.74) is 0. The number of nitrogens with one attached hydrogen (secondary N) is 1. The molecule has 0 aliphatic heterocycles. The highest BCUT2D eigenvalue weighted by Crippen LogP contribution is 2.17. The van der Waals surface area contributed by atoms with Crippen molar-refractivity contribution in [2.75, 3.05) is 6.26 Å². The third kappa shape index (κ3) is 4.51. The minimum absolute atomic E-state index is 0.151. The van der Waals surface area contributed by atoms with Gasteiger partial charge in [-0.05, 0) is 24.1 Å². The summed E-state index contributed by atoms with van der Waals surface area (Å²) in [4.78, 5) is 10.6. The first-order valence-corrected chi connectivity index (χ1v) is 9.38. The standard InChI is InChI=1S/C12H17NO6S2/c1-8(2)11(12(14)15)13-21(18,19)10-6-4-5-9(7-10)20(3,16)17/h4-8,11,13H,1-3H3,(H,14,15)/t11-/m0/s1. The van der Waals surface area contributed by atoms with Crippen LogP contribution in [0.4, 0.5) is 0 Å². The minimum atomic E-state index is -4.13. The van der Waals surface area contributed by atoms with Gasteiger partial charge in [0.15, 0.2) is 9.84 Å². The van der Waals surface area contributed by atoms with E-state index in [4.69, 9.17) is 5.11 Å². The number of sulfonamides is 1. The molecule has 0 fully saturated rings. The van der Waals surface area contributed by atoms with Crippen molar-refractivity contribution in [3.8, 4) is 0 Å². The Morgan fingerprint density at radius 1 is 1.14 bits per heavy atom. The van der Waals surface area contributed by atoms with Crippen LogP contribution in [0.15, 0.2) is 34.1 Å². The summed E-state index contributed by atoms with van der Waals surface area (Å²) in [6.45, 7) is 3.13. The van der Waals surface area contributed by atoms with Crippen molar-refractivity contribution in [3.63, 3.8) is 0 Å². The van der Waals surface area contributed by atoms with Gasteiger partial charge in [0.1, 0.15) is 6.04 Å². The molecule has 0 bridgehead atoms. The monoisotopic (exact) mass is 335 g/mol. The van der Waals surface area contributed by atoms with E-state index in [-0.39, 0.29) is 9.79 Å². The van der Waals surface area contributed by atoms with E-state index in [1.807, 2.05) is 0 Å². The molecule has 0 aliphatic rings. The maximum atomic E-state index is 12.2. The smallest absolute Gasteiger partial charge is 0.322 e. The zero-order chi connectivity index (χ0) is 16.4. The highest BCUT2D eigenvalue weighted by atomic mass is 32.2. The van der Waals surface area contributed by atoms with Crippen molar-refractivity contribution >= 4 is 25.8 Å². The summed E-state index contributed by atoms with van der Waals surface area (Å²) in [5.74, 6) is -1.76. The molecule has 1 aromatic carbocycles. The molecule has 0 heterocycles. The Morgan fingerprint density at radius 2 is 1.67 bits per heavy atom. The van der Waals surface area contributed by atoms with Gasteiger partial charge in [-0.25, -0.2) is 16.8 Å². The van der Waals surface area contributed by atoms with Crippen molar-refractivity contribution < 1.29 is 26.7 Å². The van der Waals surface area contributed by atoms with Crippen LogP contribution in [0.3, 0.4) is 0 Å². The van der Waals surface area contributed by atoms with Gasteiger partial charge in [-0.1, -0.05) is 19.9 Å². The predicted molar refractivity (Wildman–Crippen MR) is 76.1 cm³/mol. The average molecular weight is 335 g/mol. The van der Waals surface area contributed by atoms with Crippen LogP contribution in [0.1, 0.15) is 13.8 Å². The molecule has 0 saturated carbocycles. The van der Waals surface area contributed by atoms with Gasteiger partial charge in [-0.3, -0.25) is 4.79 Å². The van der Waals surface area contributed by atoms with Gasteiger partial charge in [0.2, 0.25) is 10.0 Å². The molecule has 0 aliphatic carbocycles. The van der Waals surface area contributed by atoms with Gasteiger partial charge in [0.25, 0.3) is 0 Å². The molecule has 0 amide bonds. The number of carboxylic acid groups (broad SMARTS) is 1. The van der Waals surface area contributed by atoms with Crippen LogP contribution in [-0.4, -0.2) is 40.2 Å².